The van der Waals surface area contributed by atoms with E-state index in [2.05, 4.69) is 15.9 Å². The van der Waals surface area contributed by atoms with Gasteiger partial charge in [-0.1, -0.05) is 15.9 Å². The number of carbonyl (C=O) groups excluding carboxylic acids is 1. The minimum absolute atomic E-state index is 0.248. The average Bonchev–Trinajstić information content (AvgIpc) is 2.36. The normalized spacial score (nSPS) is 10.7. The van der Waals surface area contributed by atoms with E-state index in [4.69, 9.17) is 0 Å². The zero-order chi connectivity index (χ0) is 15.4. The van der Waals surface area contributed by atoms with Crippen LogP contribution in [0.1, 0.15) is 24.2 Å². The highest BCUT2D eigenvalue weighted by atomic mass is 79.9. The van der Waals surface area contributed by atoms with Crippen molar-refractivity contribution in [2.75, 3.05) is 11.9 Å². The Labute approximate surface area is 122 Å². The molecule has 0 fully saturated rings. The first-order valence-corrected chi connectivity index (χ1v) is 6.92. The topological polar surface area (TPSA) is 63.5 Å². The van der Waals surface area contributed by atoms with E-state index in [1.165, 1.54) is 4.90 Å². The second-order valence-corrected chi connectivity index (χ2v) is 5.12. The predicted octanol–water partition coefficient (Wildman–Crippen LogP) is 3.12. The fraction of sp³-hybridized carbons (Fsp3) is 0.417. The van der Waals surface area contributed by atoms with Crippen molar-refractivity contribution in [1.82, 2.24) is 4.90 Å². The first-order chi connectivity index (χ1) is 9.29. The van der Waals surface area contributed by atoms with Crippen LogP contribution in [0.3, 0.4) is 0 Å². The van der Waals surface area contributed by atoms with Crippen LogP contribution in [-0.4, -0.2) is 33.6 Å². The molecule has 0 radical (unpaired) electrons. The van der Waals surface area contributed by atoms with Gasteiger partial charge in [0.1, 0.15) is 5.82 Å². The summed E-state index contributed by atoms with van der Waals surface area (Å²) in [6.07, 6.45) is 0. The minimum atomic E-state index is -1.32. The molecule has 0 saturated carbocycles. The number of carbonyl (C=O) groups is 1. The maximum Gasteiger partial charge on any atom is 0.308 e. The number of amides is 1. The molecule has 20 heavy (non-hydrogen) atoms. The lowest BCUT2D eigenvalue weighted by Gasteiger charge is -2.26. The SMILES string of the molecule is CC(C)N(CCBr)C(=O)c1cc(F)cc([N+](=O)[O-])c1F. The molecular weight excluding hydrogens is 338 g/mol. The Hall–Kier alpha value is -1.57. The number of hydrogen-bond donors (Lipinski definition) is 0. The highest BCUT2D eigenvalue weighted by Gasteiger charge is 2.28. The maximum absolute atomic E-state index is 14.0. The summed E-state index contributed by atoms with van der Waals surface area (Å²) in [6, 6.07) is 0.881. The van der Waals surface area contributed by atoms with Crippen molar-refractivity contribution >= 4 is 27.5 Å². The number of halogens is 3. The number of hydrogen-bond acceptors (Lipinski definition) is 3. The summed E-state index contributed by atoms with van der Waals surface area (Å²) in [5, 5.41) is 11.1. The highest BCUT2D eigenvalue weighted by molar-refractivity contribution is 9.09. The number of nitro groups is 1. The van der Waals surface area contributed by atoms with Gasteiger partial charge < -0.3 is 4.90 Å². The average molecular weight is 351 g/mol. The van der Waals surface area contributed by atoms with Crippen molar-refractivity contribution in [3.05, 3.63) is 39.4 Å². The minimum Gasteiger partial charge on any atom is -0.335 e. The quantitative estimate of drug-likeness (QED) is 0.465. The Morgan fingerprint density at radius 3 is 2.50 bits per heavy atom. The maximum atomic E-state index is 14.0. The highest BCUT2D eigenvalue weighted by Crippen LogP contribution is 2.24. The molecule has 0 saturated heterocycles. The monoisotopic (exact) mass is 350 g/mol. The predicted molar refractivity (Wildman–Crippen MR) is 73.0 cm³/mol. The van der Waals surface area contributed by atoms with Gasteiger partial charge in [-0.2, -0.15) is 4.39 Å². The van der Waals surface area contributed by atoms with Gasteiger partial charge in [-0.3, -0.25) is 14.9 Å². The first-order valence-electron chi connectivity index (χ1n) is 5.80. The molecule has 0 unspecified atom stereocenters. The molecule has 0 N–H and O–H groups in total. The Kier molecular flexibility index (Phi) is 5.55. The number of nitro benzene ring substituents is 1. The summed E-state index contributed by atoms with van der Waals surface area (Å²) in [5.41, 5.74) is -1.68. The van der Waals surface area contributed by atoms with Crippen LogP contribution in [0, 0.1) is 21.7 Å². The van der Waals surface area contributed by atoms with E-state index in [-0.39, 0.29) is 12.6 Å². The molecule has 0 atom stereocenters. The van der Waals surface area contributed by atoms with E-state index in [1.807, 2.05) is 0 Å². The Bertz CT molecular complexity index is 538. The standard InChI is InChI=1S/C12H13BrF2N2O3/c1-7(2)16(4-3-13)12(18)9-5-8(14)6-10(11(9)15)17(19)20/h5-7H,3-4H2,1-2H3. The zero-order valence-corrected chi connectivity index (χ0v) is 12.5. The lowest BCUT2D eigenvalue weighted by Crippen LogP contribution is -2.38. The van der Waals surface area contributed by atoms with Gasteiger partial charge in [0.2, 0.25) is 5.82 Å². The Morgan fingerprint density at radius 2 is 2.05 bits per heavy atom. The Balaban J connectivity index is 3.31. The molecule has 0 heterocycles. The van der Waals surface area contributed by atoms with Gasteiger partial charge in [0, 0.05) is 17.9 Å². The van der Waals surface area contributed by atoms with Gasteiger partial charge in [-0.25, -0.2) is 4.39 Å². The van der Waals surface area contributed by atoms with Crippen LogP contribution in [-0.2, 0) is 0 Å². The molecule has 1 amide bonds. The van der Waals surface area contributed by atoms with Crippen molar-refractivity contribution in [2.24, 2.45) is 0 Å². The molecule has 1 aromatic rings. The third-order valence-electron chi connectivity index (χ3n) is 2.65. The summed E-state index contributed by atoms with van der Waals surface area (Å²) in [7, 11) is 0. The second kappa shape index (κ2) is 6.74. The molecule has 0 aliphatic carbocycles. The third kappa shape index (κ3) is 3.50. The van der Waals surface area contributed by atoms with Crippen molar-refractivity contribution < 1.29 is 18.5 Å². The van der Waals surface area contributed by atoms with Gasteiger partial charge in [0.25, 0.3) is 5.91 Å². The van der Waals surface area contributed by atoms with Gasteiger partial charge >= 0.3 is 5.69 Å². The molecule has 5 nitrogen and oxygen atoms in total. The summed E-state index contributed by atoms with van der Waals surface area (Å²) in [6.45, 7) is 3.71. The largest absolute Gasteiger partial charge is 0.335 e. The van der Waals surface area contributed by atoms with Crippen molar-refractivity contribution in [2.45, 2.75) is 19.9 Å². The van der Waals surface area contributed by atoms with Crippen LogP contribution < -0.4 is 0 Å². The van der Waals surface area contributed by atoms with E-state index < -0.39 is 33.7 Å². The van der Waals surface area contributed by atoms with Crippen LogP contribution in [0.25, 0.3) is 0 Å². The van der Waals surface area contributed by atoms with Crippen molar-refractivity contribution in [3.63, 3.8) is 0 Å². The van der Waals surface area contributed by atoms with E-state index in [0.29, 0.717) is 17.5 Å². The summed E-state index contributed by atoms with van der Waals surface area (Å²) in [5.74, 6) is -3.12. The third-order valence-corrected chi connectivity index (χ3v) is 3.01. The molecule has 0 spiro atoms. The molecular formula is C12H13BrF2N2O3. The fourth-order valence-corrected chi connectivity index (χ4v) is 2.09. The summed E-state index contributed by atoms with van der Waals surface area (Å²) >= 11 is 3.16. The van der Waals surface area contributed by atoms with Crippen LogP contribution in [0.15, 0.2) is 12.1 Å². The molecule has 1 rings (SSSR count). The fourth-order valence-electron chi connectivity index (χ4n) is 1.70. The van der Waals surface area contributed by atoms with Crippen LogP contribution in [0.2, 0.25) is 0 Å². The van der Waals surface area contributed by atoms with Crippen molar-refractivity contribution in [1.29, 1.82) is 0 Å². The molecule has 0 bridgehead atoms. The van der Waals surface area contributed by atoms with E-state index >= 15 is 0 Å². The summed E-state index contributed by atoms with van der Waals surface area (Å²) < 4.78 is 27.3. The summed E-state index contributed by atoms with van der Waals surface area (Å²) in [4.78, 5) is 23.1. The molecule has 0 aliphatic heterocycles. The van der Waals surface area contributed by atoms with Gasteiger partial charge in [0.05, 0.1) is 16.6 Å². The van der Waals surface area contributed by atoms with Gasteiger partial charge in [0.15, 0.2) is 0 Å². The van der Waals surface area contributed by atoms with E-state index in [9.17, 15) is 23.7 Å². The smallest absolute Gasteiger partial charge is 0.308 e. The van der Waals surface area contributed by atoms with Crippen molar-refractivity contribution in [3.8, 4) is 0 Å². The Morgan fingerprint density at radius 1 is 1.45 bits per heavy atom. The van der Waals surface area contributed by atoms with E-state index in [1.54, 1.807) is 13.8 Å². The van der Waals surface area contributed by atoms with Crippen LogP contribution in [0.5, 0.6) is 0 Å². The first kappa shape index (κ1) is 16.5. The van der Waals surface area contributed by atoms with E-state index in [0.717, 1.165) is 0 Å². The number of benzene rings is 1. The molecule has 0 aromatic heterocycles. The zero-order valence-electron chi connectivity index (χ0n) is 10.9. The number of rotatable bonds is 5. The molecule has 8 heteroatoms. The molecule has 0 aliphatic rings. The second-order valence-electron chi connectivity index (χ2n) is 4.32. The lowest BCUT2D eigenvalue weighted by atomic mass is 10.1. The number of alkyl halides is 1. The number of nitrogens with zero attached hydrogens (tertiary/aromatic N) is 2. The molecule has 1 aromatic carbocycles. The molecule has 110 valence electrons. The van der Waals surface area contributed by atoms with Gasteiger partial charge in [-0.05, 0) is 19.9 Å². The van der Waals surface area contributed by atoms with Crippen LogP contribution >= 0.6 is 15.9 Å². The van der Waals surface area contributed by atoms with Gasteiger partial charge in [-0.15, -0.1) is 0 Å². The lowest BCUT2D eigenvalue weighted by molar-refractivity contribution is -0.387. The van der Waals surface area contributed by atoms with Crippen LogP contribution in [0.4, 0.5) is 14.5 Å².